The zero-order valence-electron chi connectivity index (χ0n) is 12.4. The van der Waals surface area contributed by atoms with Crippen molar-refractivity contribution >= 4 is 17.3 Å². The van der Waals surface area contributed by atoms with Gasteiger partial charge in [0.1, 0.15) is 5.69 Å². The summed E-state index contributed by atoms with van der Waals surface area (Å²) in [6, 6.07) is 4.54. The molecule has 1 atom stereocenters. The molecule has 0 aliphatic heterocycles. The lowest BCUT2D eigenvalue weighted by Gasteiger charge is -2.35. The Balaban J connectivity index is 2.23. The fourth-order valence-electron chi connectivity index (χ4n) is 3.00. The molecule has 6 nitrogen and oxygen atoms in total. The van der Waals surface area contributed by atoms with Crippen molar-refractivity contribution in [2.24, 2.45) is 11.1 Å². The fourth-order valence-corrected chi connectivity index (χ4v) is 3.00. The second-order valence-electron chi connectivity index (χ2n) is 6.46. The summed E-state index contributed by atoms with van der Waals surface area (Å²) < 4.78 is 0. The average Bonchev–Trinajstić information content (AvgIpc) is 2.37. The minimum absolute atomic E-state index is 0.102. The quantitative estimate of drug-likeness (QED) is 0.657. The van der Waals surface area contributed by atoms with Crippen LogP contribution in [0, 0.1) is 15.5 Å². The standard InChI is InChI=1S/C15H21N3O3/c1-15(2)7-3-4-11(9-15)17-12-6-5-10(14(16)19)8-13(12)18(20)21/h5-6,8,11,17H,3-4,7,9H2,1-2H3,(H2,16,19). The molecule has 6 heteroatoms. The van der Waals surface area contributed by atoms with Crippen LogP contribution in [0.25, 0.3) is 0 Å². The Kier molecular flexibility index (Phi) is 4.16. The predicted molar refractivity (Wildman–Crippen MR) is 81.3 cm³/mol. The van der Waals surface area contributed by atoms with Crippen LogP contribution < -0.4 is 11.1 Å². The van der Waals surface area contributed by atoms with Crippen molar-refractivity contribution in [2.45, 2.75) is 45.6 Å². The number of hydrogen-bond acceptors (Lipinski definition) is 4. The van der Waals surface area contributed by atoms with Crippen LogP contribution in [0.15, 0.2) is 18.2 Å². The summed E-state index contributed by atoms with van der Waals surface area (Å²) in [6.07, 6.45) is 4.26. The third kappa shape index (κ3) is 3.71. The third-order valence-electron chi connectivity index (χ3n) is 4.04. The fraction of sp³-hybridized carbons (Fsp3) is 0.533. The van der Waals surface area contributed by atoms with E-state index in [1.54, 1.807) is 6.07 Å². The highest BCUT2D eigenvalue weighted by atomic mass is 16.6. The summed E-state index contributed by atoms with van der Waals surface area (Å²) in [7, 11) is 0. The van der Waals surface area contributed by atoms with Crippen LogP contribution in [0.3, 0.4) is 0 Å². The van der Waals surface area contributed by atoms with Gasteiger partial charge in [-0.15, -0.1) is 0 Å². The monoisotopic (exact) mass is 291 g/mol. The van der Waals surface area contributed by atoms with Gasteiger partial charge in [-0.2, -0.15) is 0 Å². The molecule has 1 unspecified atom stereocenters. The van der Waals surface area contributed by atoms with Crippen LogP contribution in [0.5, 0.6) is 0 Å². The van der Waals surface area contributed by atoms with E-state index in [0.717, 1.165) is 19.3 Å². The number of primary amides is 1. The summed E-state index contributed by atoms with van der Waals surface area (Å²) in [5.41, 5.74) is 5.92. The molecule has 1 aliphatic rings. The topological polar surface area (TPSA) is 98.3 Å². The molecular formula is C15H21N3O3. The number of nitro benzene ring substituents is 1. The number of amides is 1. The van der Waals surface area contributed by atoms with Gasteiger partial charge in [0.15, 0.2) is 0 Å². The lowest BCUT2D eigenvalue weighted by Crippen LogP contribution is -2.32. The number of rotatable bonds is 4. The van der Waals surface area contributed by atoms with Crippen molar-refractivity contribution in [3.05, 3.63) is 33.9 Å². The molecule has 1 aliphatic carbocycles. The highest BCUT2D eigenvalue weighted by molar-refractivity contribution is 5.94. The number of nitrogens with zero attached hydrogens (tertiary/aromatic N) is 1. The first-order chi connectivity index (χ1) is 9.78. The van der Waals surface area contributed by atoms with Gasteiger partial charge < -0.3 is 11.1 Å². The molecule has 0 saturated heterocycles. The van der Waals surface area contributed by atoms with E-state index in [1.165, 1.54) is 18.6 Å². The number of anilines is 1. The van der Waals surface area contributed by atoms with E-state index in [0.29, 0.717) is 5.69 Å². The van der Waals surface area contributed by atoms with Gasteiger partial charge in [0.05, 0.1) is 4.92 Å². The number of carbonyl (C=O) groups excluding carboxylic acids is 1. The van der Waals surface area contributed by atoms with Gasteiger partial charge in [-0.3, -0.25) is 14.9 Å². The second-order valence-corrected chi connectivity index (χ2v) is 6.46. The molecule has 1 aromatic carbocycles. The molecule has 0 spiro atoms. The van der Waals surface area contributed by atoms with Gasteiger partial charge in [-0.1, -0.05) is 20.3 Å². The average molecular weight is 291 g/mol. The summed E-state index contributed by atoms with van der Waals surface area (Å²) in [6.45, 7) is 4.43. The smallest absolute Gasteiger partial charge is 0.293 e. The first-order valence-electron chi connectivity index (χ1n) is 7.13. The Morgan fingerprint density at radius 3 is 2.76 bits per heavy atom. The van der Waals surface area contributed by atoms with Crippen LogP contribution in [0.4, 0.5) is 11.4 Å². The number of carbonyl (C=O) groups is 1. The van der Waals surface area contributed by atoms with E-state index in [1.807, 2.05) is 0 Å². The molecule has 3 N–H and O–H groups in total. The summed E-state index contributed by atoms with van der Waals surface area (Å²) in [4.78, 5) is 21.8. The highest BCUT2D eigenvalue weighted by Gasteiger charge is 2.29. The van der Waals surface area contributed by atoms with Crippen molar-refractivity contribution in [3.8, 4) is 0 Å². The SMILES string of the molecule is CC1(C)CCCC(Nc2ccc(C(N)=O)cc2[N+](=O)[O-])C1. The molecule has 0 aromatic heterocycles. The molecular weight excluding hydrogens is 270 g/mol. The van der Waals surface area contributed by atoms with Crippen LogP contribution >= 0.6 is 0 Å². The zero-order chi connectivity index (χ0) is 15.6. The number of nitrogens with two attached hydrogens (primary N) is 1. The molecule has 0 radical (unpaired) electrons. The largest absolute Gasteiger partial charge is 0.377 e. The molecule has 1 fully saturated rings. The minimum atomic E-state index is -0.663. The molecule has 2 rings (SSSR count). The number of hydrogen-bond donors (Lipinski definition) is 2. The van der Waals surface area contributed by atoms with E-state index in [-0.39, 0.29) is 22.7 Å². The Bertz CT molecular complexity index is 569. The summed E-state index contributed by atoms with van der Waals surface area (Å²) in [5, 5.41) is 14.4. The highest BCUT2D eigenvalue weighted by Crippen LogP contribution is 2.37. The van der Waals surface area contributed by atoms with Crippen molar-refractivity contribution < 1.29 is 9.72 Å². The first kappa shape index (κ1) is 15.3. The van der Waals surface area contributed by atoms with Gasteiger partial charge in [0.25, 0.3) is 5.69 Å². The van der Waals surface area contributed by atoms with Crippen LogP contribution in [-0.2, 0) is 0 Å². The maximum atomic E-state index is 11.2. The third-order valence-corrected chi connectivity index (χ3v) is 4.04. The van der Waals surface area contributed by atoms with Crippen molar-refractivity contribution in [1.29, 1.82) is 0 Å². The number of nitrogens with one attached hydrogen (secondary N) is 1. The maximum Gasteiger partial charge on any atom is 0.293 e. The van der Waals surface area contributed by atoms with E-state index in [9.17, 15) is 14.9 Å². The molecule has 1 saturated carbocycles. The molecule has 21 heavy (non-hydrogen) atoms. The Labute approximate surface area is 123 Å². The van der Waals surface area contributed by atoms with Gasteiger partial charge in [0, 0.05) is 17.7 Å². The van der Waals surface area contributed by atoms with Crippen molar-refractivity contribution in [1.82, 2.24) is 0 Å². The van der Waals surface area contributed by atoms with Crippen LogP contribution in [0.1, 0.15) is 49.9 Å². The van der Waals surface area contributed by atoms with E-state index < -0.39 is 10.8 Å². The Morgan fingerprint density at radius 1 is 1.48 bits per heavy atom. The summed E-state index contributed by atoms with van der Waals surface area (Å²) >= 11 is 0. The molecule has 114 valence electrons. The van der Waals surface area contributed by atoms with E-state index in [4.69, 9.17) is 5.73 Å². The Morgan fingerprint density at radius 2 is 2.19 bits per heavy atom. The lowest BCUT2D eigenvalue weighted by molar-refractivity contribution is -0.384. The lowest BCUT2D eigenvalue weighted by atomic mass is 9.75. The van der Waals surface area contributed by atoms with Crippen LogP contribution in [-0.4, -0.2) is 16.9 Å². The minimum Gasteiger partial charge on any atom is -0.377 e. The second kappa shape index (κ2) is 5.71. The summed E-state index contributed by atoms with van der Waals surface area (Å²) in [5.74, 6) is -0.663. The molecule has 0 bridgehead atoms. The maximum absolute atomic E-state index is 11.2. The molecule has 1 amide bonds. The number of benzene rings is 1. The van der Waals surface area contributed by atoms with Gasteiger partial charge in [-0.05, 0) is 36.8 Å². The first-order valence-corrected chi connectivity index (χ1v) is 7.13. The molecule has 1 aromatic rings. The predicted octanol–water partition coefficient (Wildman–Crippen LogP) is 3.07. The van der Waals surface area contributed by atoms with Crippen LogP contribution in [0.2, 0.25) is 0 Å². The zero-order valence-corrected chi connectivity index (χ0v) is 12.4. The van der Waals surface area contributed by atoms with Gasteiger partial charge in [0.2, 0.25) is 5.91 Å². The van der Waals surface area contributed by atoms with Gasteiger partial charge in [-0.25, -0.2) is 0 Å². The van der Waals surface area contributed by atoms with Gasteiger partial charge >= 0.3 is 0 Å². The van der Waals surface area contributed by atoms with Crippen molar-refractivity contribution in [3.63, 3.8) is 0 Å². The van der Waals surface area contributed by atoms with Crippen molar-refractivity contribution in [2.75, 3.05) is 5.32 Å². The van der Waals surface area contributed by atoms with E-state index in [2.05, 4.69) is 19.2 Å². The number of nitro groups is 1. The normalized spacial score (nSPS) is 20.8. The van der Waals surface area contributed by atoms with E-state index >= 15 is 0 Å². The molecule has 0 heterocycles. The Hall–Kier alpha value is -2.11.